The van der Waals surface area contributed by atoms with Crippen LogP contribution in [-0.2, 0) is 9.59 Å². The van der Waals surface area contributed by atoms with E-state index in [0.29, 0.717) is 11.4 Å². The van der Waals surface area contributed by atoms with Gasteiger partial charge in [-0.2, -0.15) is 0 Å². The van der Waals surface area contributed by atoms with Crippen molar-refractivity contribution >= 4 is 23.2 Å². The van der Waals surface area contributed by atoms with Gasteiger partial charge in [0.1, 0.15) is 0 Å². The summed E-state index contributed by atoms with van der Waals surface area (Å²) < 4.78 is 0. The smallest absolute Gasteiger partial charge is 0.314 e. The molecule has 0 fully saturated rings. The second-order valence-electron chi connectivity index (χ2n) is 5.04. The summed E-state index contributed by atoms with van der Waals surface area (Å²) in [6.07, 6.45) is 0. The molecular weight excluding hydrogens is 264 g/mol. The first-order valence-corrected chi connectivity index (χ1v) is 6.72. The molecule has 0 atom stereocenters. The number of benzene rings is 2. The van der Waals surface area contributed by atoms with Gasteiger partial charge in [-0.25, -0.2) is 0 Å². The number of carbonyl (C=O) groups is 2. The van der Waals surface area contributed by atoms with Crippen LogP contribution in [0, 0.1) is 20.8 Å². The summed E-state index contributed by atoms with van der Waals surface area (Å²) >= 11 is 0. The first-order valence-electron chi connectivity index (χ1n) is 6.72. The Morgan fingerprint density at radius 3 is 1.90 bits per heavy atom. The molecule has 4 heteroatoms. The average molecular weight is 282 g/mol. The van der Waals surface area contributed by atoms with Gasteiger partial charge in [-0.05, 0) is 44.0 Å². The van der Waals surface area contributed by atoms with E-state index in [0.717, 1.165) is 16.7 Å². The molecule has 0 heterocycles. The Bertz CT molecular complexity index is 693. The van der Waals surface area contributed by atoms with Gasteiger partial charge in [-0.3, -0.25) is 9.59 Å². The van der Waals surface area contributed by atoms with Crippen molar-refractivity contribution in [2.75, 3.05) is 10.6 Å². The molecule has 0 bridgehead atoms. The Morgan fingerprint density at radius 2 is 1.33 bits per heavy atom. The zero-order chi connectivity index (χ0) is 15.4. The molecular formula is C17H18N2O2. The summed E-state index contributed by atoms with van der Waals surface area (Å²) in [6, 6.07) is 13.0. The zero-order valence-corrected chi connectivity index (χ0v) is 12.4. The Labute approximate surface area is 124 Å². The molecule has 2 rings (SSSR count). The van der Waals surface area contributed by atoms with Gasteiger partial charge in [-0.15, -0.1) is 0 Å². The molecule has 4 nitrogen and oxygen atoms in total. The summed E-state index contributed by atoms with van der Waals surface area (Å²) in [6.45, 7) is 5.74. The van der Waals surface area contributed by atoms with Crippen molar-refractivity contribution in [2.24, 2.45) is 0 Å². The second-order valence-corrected chi connectivity index (χ2v) is 5.04. The van der Waals surface area contributed by atoms with E-state index in [2.05, 4.69) is 10.6 Å². The molecule has 0 spiro atoms. The molecule has 0 saturated heterocycles. The third-order valence-corrected chi connectivity index (χ3v) is 3.23. The van der Waals surface area contributed by atoms with Crippen LogP contribution in [0.4, 0.5) is 11.4 Å². The molecule has 21 heavy (non-hydrogen) atoms. The number of carbonyl (C=O) groups excluding carboxylic acids is 2. The fraction of sp³-hybridized carbons (Fsp3) is 0.176. The minimum Gasteiger partial charge on any atom is -0.318 e. The molecule has 0 unspecified atom stereocenters. The minimum absolute atomic E-state index is 0.637. The largest absolute Gasteiger partial charge is 0.318 e. The van der Waals surface area contributed by atoms with E-state index in [1.54, 1.807) is 12.1 Å². The van der Waals surface area contributed by atoms with E-state index in [1.165, 1.54) is 0 Å². The lowest BCUT2D eigenvalue weighted by atomic mass is 10.1. The van der Waals surface area contributed by atoms with E-state index in [9.17, 15) is 9.59 Å². The highest BCUT2D eigenvalue weighted by molar-refractivity contribution is 6.43. The van der Waals surface area contributed by atoms with Gasteiger partial charge in [0.25, 0.3) is 0 Å². The van der Waals surface area contributed by atoms with Crippen LogP contribution in [0.15, 0.2) is 42.5 Å². The molecule has 2 N–H and O–H groups in total. The van der Waals surface area contributed by atoms with Crippen molar-refractivity contribution in [1.29, 1.82) is 0 Å². The molecule has 0 aliphatic rings. The highest BCUT2D eigenvalue weighted by Gasteiger charge is 2.15. The van der Waals surface area contributed by atoms with Crippen LogP contribution in [-0.4, -0.2) is 11.8 Å². The predicted molar refractivity (Wildman–Crippen MR) is 84.4 cm³/mol. The number of hydrogen-bond donors (Lipinski definition) is 2. The van der Waals surface area contributed by atoms with Crippen LogP contribution in [0.3, 0.4) is 0 Å². The topological polar surface area (TPSA) is 58.2 Å². The average Bonchev–Trinajstić information content (AvgIpc) is 2.44. The molecule has 2 aromatic carbocycles. The standard InChI is InChI=1S/C17H18N2O2/c1-11-8-9-15(13(3)10-11)19-17(21)16(20)18-14-7-5-4-6-12(14)2/h4-10H,1-3H3,(H,18,20)(H,19,21). The lowest BCUT2D eigenvalue weighted by molar-refractivity contribution is -0.133. The van der Waals surface area contributed by atoms with E-state index in [4.69, 9.17) is 0 Å². The maximum Gasteiger partial charge on any atom is 0.314 e. The molecule has 2 amide bonds. The number of amides is 2. The lowest BCUT2D eigenvalue weighted by Gasteiger charge is -2.10. The predicted octanol–water partition coefficient (Wildman–Crippen LogP) is 3.19. The fourth-order valence-electron chi connectivity index (χ4n) is 2.03. The number of aryl methyl sites for hydroxylation is 3. The summed E-state index contributed by atoms with van der Waals surface area (Å²) in [5.74, 6) is -1.35. The van der Waals surface area contributed by atoms with Crippen molar-refractivity contribution in [3.63, 3.8) is 0 Å². The van der Waals surface area contributed by atoms with Crippen molar-refractivity contribution in [2.45, 2.75) is 20.8 Å². The van der Waals surface area contributed by atoms with Gasteiger partial charge in [0.15, 0.2) is 0 Å². The van der Waals surface area contributed by atoms with Crippen molar-refractivity contribution in [3.05, 3.63) is 59.2 Å². The highest BCUT2D eigenvalue weighted by Crippen LogP contribution is 2.16. The van der Waals surface area contributed by atoms with Crippen molar-refractivity contribution < 1.29 is 9.59 Å². The quantitative estimate of drug-likeness (QED) is 0.831. The molecule has 0 saturated carbocycles. The van der Waals surface area contributed by atoms with Crippen LogP contribution >= 0.6 is 0 Å². The van der Waals surface area contributed by atoms with Gasteiger partial charge in [0.2, 0.25) is 0 Å². The number of para-hydroxylation sites is 1. The Balaban J connectivity index is 2.06. The third-order valence-electron chi connectivity index (χ3n) is 3.23. The number of anilines is 2. The Kier molecular flexibility index (Phi) is 4.38. The normalized spacial score (nSPS) is 10.0. The van der Waals surface area contributed by atoms with Crippen LogP contribution in [0.2, 0.25) is 0 Å². The lowest BCUT2D eigenvalue weighted by Crippen LogP contribution is -2.29. The summed E-state index contributed by atoms with van der Waals surface area (Å²) in [5, 5.41) is 5.24. The van der Waals surface area contributed by atoms with Gasteiger partial charge in [-0.1, -0.05) is 35.9 Å². The molecule has 2 aromatic rings. The summed E-state index contributed by atoms with van der Waals surface area (Å²) in [7, 11) is 0. The van der Waals surface area contributed by atoms with Gasteiger partial charge < -0.3 is 10.6 Å². The molecule has 0 radical (unpaired) electrons. The Morgan fingerprint density at radius 1 is 0.762 bits per heavy atom. The number of rotatable bonds is 2. The Hall–Kier alpha value is -2.62. The fourth-order valence-corrected chi connectivity index (χ4v) is 2.03. The van der Waals surface area contributed by atoms with E-state index >= 15 is 0 Å². The summed E-state index contributed by atoms with van der Waals surface area (Å²) in [4.78, 5) is 23.9. The van der Waals surface area contributed by atoms with Gasteiger partial charge in [0.05, 0.1) is 0 Å². The molecule has 0 aliphatic carbocycles. The zero-order valence-electron chi connectivity index (χ0n) is 12.4. The van der Waals surface area contributed by atoms with E-state index < -0.39 is 11.8 Å². The maximum absolute atomic E-state index is 11.9. The number of nitrogens with one attached hydrogen (secondary N) is 2. The molecule has 0 aromatic heterocycles. The van der Waals surface area contributed by atoms with Crippen molar-refractivity contribution in [1.82, 2.24) is 0 Å². The van der Waals surface area contributed by atoms with Crippen LogP contribution in [0.25, 0.3) is 0 Å². The molecule has 108 valence electrons. The SMILES string of the molecule is Cc1ccc(NC(=O)C(=O)Nc2ccccc2C)c(C)c1. The molecule has 0 aliphatic heterocycles. The first-order chi connectivity index (χ1) is 9.97. The van der Waals surface area contributed by atoms with Gasteiger partial charge >= 0.3 is 11.8 Å². The van der Waals surface area contributed by atoms with Gasteiger partial charge in [0, 0.05) is 11.4 Å². The van der Waals surface area contributed by atoms with Crippen LogP contribution in [0.1, 0.15) is 16.7 Å². The minimum atomic E-state index is -0.677. The van der Waals surface area contributed by atoms with E-state index in [1.807, 2.05) is 51.1 Å². The monoisotopic (exact) mass is 282 g/mol. The van der Waals surface area contributed by atoms with Crippen LogP contribution in [0.5, 0.6) is 0 Å². The highest BCUT2D eigenvalue weighted by atomic mass is 16.2. The first kappa shape index (κ1) is 14.8. The van der Waals surface area contributed by atoms with Crippen molar-refractivity contribution in [3.8, 4) is 0 Å². The number of hydrogen-bond acceptors (Lipinski definition) is 2. The van der Waals surface area contributed by atoms with E-state index in [-0.39, 0.29) is 0 Å². The summed E-state index contributed by atoms with van der Waals surface area (Å²) in [5.41, 5.74) is 4.22. The maximum atomic E-state index is 11.9. The third kappa shape index (κ3) is 3.69. The van der Waals surface area contributed by atoms with Crippen LogP contribution < -0.4 is 10.6 Å². The second kappa shape index (κ2) is 6.22.